The van der Waals surface area contributed by atoms with Crippen LogP contribution in [0.2, 0.25) is 0 Å². The first kappa shape index (κ1) is 48.4. The summed E-state index contributed by atoms with van der Waals surface area (Å²) < 4.78 is 10.6. The first-order chi connectivity index (χ1) is 24.6. The Morgan fingerprint density at radius 1 is 0.440 bits per heavy atom. The molecular formula is C45H84O5. The maximum absolute atomic E-state index is 12.2. The highest BCUT2D eigenvalue weighted by Crippen LogP contribution is 2.15. The number of carbonyl (C=O) groups excluding carboxylic acids is 2. The number of aliphatic hydroxyl groups excluding tert-OH is 1. The van der Waals surface area contributed by atoms with Crippen LogP contribution in [0.4, 0.5) is 0 Å². The number of aliphatic hydroxyl groups is 1. The molecule has 0 spiro atoms. The molecule has 0 aromatic heterocycles. The van der Waals surface area contributed by atoms with Crippen molar-refractivity contribution in [2.75, 3.05) is 13.2 Å². The second kappa shape index (κ2) is 41.8. The summed E-state index contributed by atoms with van der Waals surface area (Å²) in [7, 11) is 0. The lowest BCUT2D eigenvalue weighted by molar-refractivity contribution is -0.161. The molecule has 0 rings (SSSR count). The number of ether oxygens (including phenoxy) is 2. The van der Waals surface area contributed by atoms with Gasteiger partial charge in [0, 0.05) is 12.8 Å². The van der Waals surface area contributed by atoms with E-state index in [2.05, 4.69) is 38.2 Å². The quantitative estimate of drug-likeness (QED) is 0.0390. The molecule has 0 saturated carbocycles. The van der Waals surface area contributed by atoms with Gasteiger partial charge in [-0.2, -0.15) is 0 Å². The number of unbranched alkanes of at least 4 members (excludes halogenated alkanes) is 28. The lowest BCUT2D eigenvalue weighted by atomic mass is 10.0. The van der Waals surface area contributed by atoms with E-state index in [9.17, 15) is 14.7 Å². The minimum atomic E-state index is -0.782. The fourth-order valence-electron chi connectivity index (χ4n) is 6.40. The van der Waals surface area contributed by atoms with Crippen molar-refractivity contribution >= 4 is 11.9 Å². The fourth-order valence-corrected chi connectivity index (χ4v) is 6.40. The highest BCUT2D eigenvalue weighted by molar-refractivity contribution is 5.70. The molecule has 1 N–H and O–H groups in total. The Balaban J connectivity index is 3.54. The molecule has 1 atom stereocenters. The molecule has 0 aliphatic carbocycles. The number of rotatable bonds is 40. The van der Waals surface area contributed by atoms with E-state index in [0.29, 0.717) is 12.8 Å². The highest BCUT2D eigenvalue weighted by Gasteiger charge is 2.16. The van der Waals surface area contributed by atoms with Gasteiger partial charge >= 0.3 is 11.9 Å². The Bertz CT molecular complexity index is 761. The molecule has 294 valence electrons. The second-order valence-electron chi connectivity index (χ2n) is 14.8. The molecule has 0 aromatic carbocycles. The van der Waals surface area contributed by atoms with Crippen molar-refractivity contribution in [3.05, 3.63) is 24.3 Å². The first-order valence-corrected chi connectivity index (χ1v) is 21.9. The summed E-state index contributed by atoms with van der Waals surface area (Å²) in [6.45, 7) is 4.12. The van der Waals surface area contributed by atoms with Gasteiger partial charge in [-0.25, -0.2) is 0 Å². The van der Waals surface area contributed by atoms with Crippen LogP contribution in [0.5, 0.6) is 0 Å². The second-order valence-corrected chi connectivity index (χ2v) is 14.8. The molecule has 0 amide bonds. The molecule has 0 unspecified atom stereocenters. The first-order valence-electron chi connectivity index (χ1n) is 21.9. The Kier molecular flexibility index (Phi) is 40.4. The zero-order valence-electron chi connectivity index (χ0n) is 33.4. The van der Waals surface area contributed by atoms with E-state index in [-0.39, 0.29) is 25.2 Å². The number of hydrogen-bond acceptors (Lipinski definition) is 5. The van der Waals surface area contributed by atoms with Crippen LogP contribution < -0.4 is 0 Å². The highest BCUT2D eigenvalue weighted by atomic mass is 16.6. The van der Waals surface area contributed by atoms with Crippen LogP contribution in [-0.4, -0.2) is 36.4 Å². The summed E-state index contributed by atoms with van der Waals surface area (Å²) in [6.07, 6.45) is 49.8. The minimum Gasteiger partial charge on any atom is -0.462 e. The van der Waals surface area contributed by atoms with Gasteiger partial charge in [-0.3, -0.25) is 9.59 Å². The molecule has 0 aliphatic heterocycles. The van der Waals surface area contributed by atoms with Crippen molar-refractivity contribution in [3.8, 4) is 0 Å². The van der Waals surface area contributed by atoms with Gasteiger partial charge in [-0.05, 0) is 44.9 Å². The third-order valence-corrected chi connectivity index (χ3v) is 9.73. The van der Waals surface area contributed by atoms with E-state index in [0.717, 1.165) is 44.9 Å². The number of hydrogen-bond donors (Lipinski definition) is 1. The topological polar surface area (TPSA) is 72.8 Å². The van der Waals surface area contributed by atoms with Crippen molar-refractivity contribution in [1.29, 1.82) is 0 Å². The summed E-state index contributed by atoms with van der Waals surface area (Å²) in [5.74, 6) is -0.631. The number of esters is 2. The molecule has 50 heavy (non-hydrogen) atoms. The Morgan fingerprint density at radius 3 is 1.20 bits per heavy atom. The minimum absolute atomic E-state index is 0.0821. The van der Waals surface area contributed by atoms with Gasteiger partial charge in [0.25, 0.3) is 0 Å². The molecule has 0 bridgehead atoms. The predicted octanol–water partition coefficient (Wildman–Crippen LogP) is 13.8. The molecular weight excluding hydrogens is 620 g/mol. The SMILES string of the molecule is CCCCCCCCCCCCCCCC/C=C/CC/C=C/CCCC(=O)OC[C@H](CO)OC(=O)CCCCCCCCCCCCCCC. The van der Waals surface area contributed by atoms with Crippen molar-refractivity contribution in [2.45, 2.75) is 238 Å². The third-order valence-electron chi connectivity index (χ3n) is 9.73. The zero-order valence-corrected chi connectivity index (χ0v) is 33.4. The smallest absolute Gasteiger partial charge is 0.306 e. The lowest BCUT2D eigenvalue weighted by Gasteiger charge is -2.15. The van der Waals surface area contributed by atoms with E-state index in [1.807, 2.05) is 0 Å². The van der Waals surface area contributed by atoms with Crippen LogP contribution in [0.15, 0.2) is 24.3 Å². The Labute approximate surface area is 311 Å². The molecule has 0 fully saturated rings. The van der Waals surface area contributed by atoms with Crippen molar-refractivity contribution < 1.29 is 24.2 Å². The van der Waals surface area contributed by atoms with Gasteiger partial charge < -0.3 is 14.6 Å². The van der Waals surface area contributed by atoms with E-state index >= 15 is 0 Å². The summed E-state index contributed by atoms with van der Waals surface area (Å²) in [5, 5.41) is 9.56. The van der Waals surface area contributed by atoms with Gasteiger partial charge in [0.05, 0.1) is 6.61 Å². The van der Waals surface area contributed by atoms with Crippen LogP contribution in [0.25, 0.3) is 0 Å². The van der Waals surface area contributed by atoms with Crippen molar-refractivity contribution in [3.63, 3.8) is 0 Å². The Hall–Kier alpha value is -1.62. The monoisotopic (exact) mass is 705 g/mol. The summed E-state index contributed by atoms with van der Waals surface area (Å²) in [4.78, 5) is 24.3. The summed E-state index contributed by atoms with van der Waals surface area (Å²) in [6, 6.07) is 0. The van der Waals surface area contributed by atoms with Crippen molar-refractivity contribution in [1.82, 2.24) is 0 Å². The molecule has 0 saturated heterocycles. The maximum atomic E-state index is 12.2. The zero-order chi connectivity index (χ0) is 36.4. The predicted molar refractivity (Wildman–Crippen MR) is 215 cm³/mol. The molecule has 0 aliphatic rings. The molecule has 5 heteroatoms. The molecule has 0 heterocycles. The van der Waals surface area contributed by atoms with Crippen LogP contribution >= 0.6 is 0 Å². The molecule has 5 nitrogen and oxygen atoms in total. The normalized spacial score (nSPS) is 12.3. The molecule has 0 radical (unpaired) electrons. The summed E-state index contributed by atoms with van der Waals surface area (Å²) in [5.41, 5.74) is 0. The molecule has 0 aromatic rings. The van der Waals surface area contributed by atoms with E-state index in [4.69, 9.17) is 9.47 Å². The van der Waals surface area contributed by atoms with E-state index in [1.165, 1.54) is 161 Å². The standard InChI is InChI=1S/C45H84O5/c1-3-5-7-9-11-13-15-17-18-19-20-21-22-23-24-25-26-28-29-31-33-35-37-39-44(47)49-42-43(41-46)50-45(48)40-38-36-34-32-30-27-16-14-12-10-8-6-4-2/h25-26,31,33,43,46H,3-24,27-30,32,34-42H2,1-2H3/b26-25+,33-31+/t43-/m0/s1. The summed E-state index contributed by atoms with van der Waals surface area (Å²) >= 11 is 0. The largest absolute Gasteiger partial charge is 0.462 e. The van der Waals surface area contributed by atoms with E-state index < -0.39 is 6.10 Å². The van der Waals surface area contributed by atoms with E-state index in [1.54, 1.807) is 0 Å². The van der Waals surface area contributed by atoms with Crippen molar-refractivity contribution in [2.24, 2.45) is 0 Å². The third kappa shape index (κ3) is 39.2. The van der Waals surface area contributed by atoms with Crippen LogP contribution in [0.1, 0.15) is 232 Å². The van der Waals surface area contributed by atoms with Gasteiger partial charge in [0.2, 0.25) is 0 Å². The average Bonchev–Trinajstić information content (AvgIpc) is 3.12. The Morgan fingerprint density at radius 2 is 0.780 bits per heavy atom. The fraction of sp³-hybridized carbons (Fsp3) is 0.867. The van der Waals surface area contributed by atoms with Gasteiger partial charge in [-0.1, -0.05) is 199 Å². The van der Waals surface area contributed by atoms with Gasteiger partial charge in [0.15, 0.2) is 6.10 Å². The van der Waals surface area contributed by atoms with Gasteiger partial charge in [0.1, 0.15) is 6.61 Å². The average molecular weight is 705 g/mol. The number of carbonyl (C=O) groups is 2. The number of allylic oxidation sites excluding steroid dienone is 4. The van der Waals surface area contributed by atoms with Crippen LogP contribution in [0, 0.1) is 0 Å². The van der Waals surface area contributed by atoms with Crippen LogP contribution in [0.3, 0.4) is 0 Å². The maximum Gasteiger partial charge on any atom is 0.306 e. The van der Waals surface area contributed by atoms with Gasteiger partial charge in [-0.15, -0.1) is 0 Å². The van der Waals surface area contributed by atoms with Crippen LogP contribution in [-0.2, 0) is 19.1 Å². The lowest BCUT2D eigenvalue weighted by Crippen LogP contribution is -2.28.